The summed E-state index contributed by atoms with van der Waals surface area (Å²) >= 11 is 4.61. The summed E-state index contributed by atoms with van der Waals surface area (Å²) in [5, 5.41) is 5.89. The number of rotatable bonds is 4. The first kappa shape index (κ1) is 13.4. The lowest BCUT2D eigenvalue weighted by molar-refractivity contribution is 0.580. The van der Waals surface area contributed by atoms with Gasteiger partial charge < -0.3 is 5.32 Å². The molecular weight excluding hydrogens is 322 g/mol. The summed E-state index contributed by atoms with van der Waals surface area (Å²) in [6, 6.07) is 2.24. The number of anilines is 1. The average molecular weight is 333 g/mol. The van der Waals surface area contributed by atoms with Crippen LogP contribution in [0.2, 0.25) is 0 Å². The molecule has 0 saturated carbocycles. The van der Waals surface area contributed by atoms with Gasteiger partial charge in [-0.1, -0.05) is 6.92 Å². The predicted molar refractivity (Wildman–Crippen MR) is 72.9 cm³/mol. The van der Waals surface area contributed by atoms with Crippen LogP contribution in [0.3, 0.4) is 0 Å². The molecule has 1 heterocycles. The number of benzene rings is 1. The highest BCUT2D eigenvalue weighted by Crippen LogP contribution is 2.24. The molecule has 0 radical (unpaired) electrons. The van der Waals surface area contributed by atoms with Crippen molar-refractivity contribution in [1.82, 2.24) is 4.98 Å². The average Bonchev–Trinajstić information content (AvgIpc) is 2.80. The molecule has 0 bridgehead atoms. The van der Waals surface area contributed by atoms with Crippen LogP contribution in [-0.2, 0) is 13.0 Å². The van der Waals surface area contributed by atoms with E-state index < -0.39 is 11.6 Å². The van der Waals surface area contributed by atoms with Crippen molar-refractivity contribution < 1.29 is 8.78 Å². The smallest absolute Gasteiger partial charge is 0.149 e. The van der Waals surface area contributed by atoms with Gasteiger partial charge in [-0.3, -0.25) is 0 Å². The Hall–Kier alpha value is -1.01. The Morgan fingerprint density at radius 1 is 1.33 bits per heavy atom. The summed E-state index contributed by atoms with van der Waals surface area (Å²) in [6.45, 7) is 2.46. The predicted octanol–water partition coefficient (Wildman–Crippen LogP) is 4.36. The number of thiazole rings is 1. The van der Waals surface area contributed by atoms with Crippen molar-refractivity contribution in [2.75, 3.05) is 5.32 Å². The SMILES string of the molecule is CCc1nc(CNc2cc(Br)c(F)cc2F)cs1. The van der Waals surface area contributed by atoms with Crippen LogP contribution in [0.15, 0.2) is 22.0 Å². The first-order valence-corrected chi connectivity index (χ1v) is 7.09. The fraction of sp³-hybridized carbons (Fsp3) is 0.250. The molecule has 0 aliphatic rings. The van der Waals surface area contributed by atoms with Gasteiger partial charge in [-0.25, -0.2) is 13.8 Å². The fourth-order valence-electron chi connectivity index (χ4n) is 1.44. The lowest BCUT2D eigenvalue weighted by atomic mass is 10.3. The van der Waals surface area contributed by atoms with Crippen LogP contribution in [-0.4, -0.2) is 4.98 Å². The molecule has 1 aromatic heterocycles. The molecule has 0 fully saturated rings. The quantitative estimate of drug-likeness (QED) is 0.841. The highest BCUT2D eigenvalue weighted by Gasteiger charge is 2.08. The molecule has 0 aliphatic heterocycles. The first-order chi connectivity index (χ1) is 8.60. The molecular formula is C12H11BrF2N2S. The van der Waals surface area contributed by atoms with Crippen LogP contribution >= 0.6 is 27.3 Å². The molecule has 1 N–H and O–H groups in total. The van der Waals surface area contributed by atoms with E-state index in [4.69, 9.17) is 0 Å². The number of hydrogen-bond acceptors (Lipinski definition) is 3. The Balaban J connectivity index is 2.08. The molecule has 0 aliphatic carbocycles. The second-order valence-corrected chi connectivity index (χ2v) is 5.48. The normalized spacial score (nSPS) is 10.7. The highest BCUT2D eigenvalue weighted by atomic mass is 79.9. The maximum atomic E-state index is 13.5. The van der Waals surface area contributed by atoms with E-state index in [1.165, 1.54) is 6.07 Å². The van der Waals surface area contributed by atoms with Gasteiger partial charge in [-0.05, 0) is 28.4 Å². The zero-order chi connectivity index (χ0) is 13.1. The second-order valence-electron chi connectivity index (χ2n) is 3.69. The van der Waals surface area contributed by atoms with Crippen molar-refractivity contribution >= 4 is 33.0 Å². The van der Waals surface area contributed by atoms with Crippen LogP contribution in [0.1, 0.15) is 17.6 Å². The largest absolute Gasteiger partial charge is 0.377 e. The molecule has 1 aromatic carbocycles. The van der Waals surface area contributed by atoms with Crippen LogP contribution < -0.4 is 5.32 Å². The van der Waals surface area contributed by atoms with E-state index in [1.54, 1.807) is 11.3 Å². The Labute approximate surface area is 116 Å². The molecule has 2 aromatic rings. The fourth-order valence-corrected chi connectivity index (χ4v) is 2.52. The Bertz CT molecular complexity index is 557. The van der Waals surface area contributed by atoms with E-state index in [9.17, 15) is 8.78 Å². The van der Waals surface area contributed by atoms with Crippen LogP contribution in [0.5, 0.6) is 0 Å². The van der Waals surface area contributed by atoms with Gasteiger partial charge in [0.25, 0.3) is 0 Å². The molecule has 0 amide bonds. The third-order valence-electron chi connectivity index (χ3n) is 2.37. The number of nitrogens with one attached hydrogen (secondary N) is 1. The van der Waals surface area contributed by atoms with Gasteiger partial charge in [0.1, 0.15) is 11.6 Å². The van der Waals surface area contributed by atoms with E-state index in [0.717, 1.165) is 23.2 Å². The van der Waals surface area contributed by atoms with Crippen molar-refractivity contribution in [3.05, 3.63) is 44.3 Å². The summed E-state index contributed by atoms with van der Waals surface area (Å²) in [6.07, 6.45) is 0.890. The molecule has 0 atom stereocenters. The minimum absolute atomic E-state index is 0.235. The Kier molecular flexibility index (Phi) is 4.29. The maximum absolute atomic E-state index is 13.5. The van der Waals surface area contributed by atoms with Crippen molar-refractivity contribution in [3.63, 3.8) is 0 Å². The van der Waals surface area contributed by atoms with Crippen LogP contribution in [0, 0.1) is 11.6 Å². The van der Waals surface area contributed by atoms with Crippen molar-refractivity contribution in [1.29, 1.82) is 0 Å². The zero-order valence-electron chi connectivity index (χ0n) is 9.64. The molecule has 2 rings (SSSR count). The number of aryl methyl sites for hydroxylation is 1. The summed E-state index contributed by atoms with van der Waals surface area (Å²) < 4.78 is 26.7. The van der Waals surface area contributed by atoms with E-state index in [-0.39, 0.29) is 10.2 Å². The Morgan fingerprint density at radius 2 is 2.11 bits per heavy atom. The molecule has 0 unspecified atom stereocenters. The lowest BCUT2D eigenvalue weighted by Gasteiger charge is -2.07. The summed E-state index contributed by atoms with van der Waals surface area (Å²) in [4.78, 5) is 4.36. The van der Waals surface area contributed by atoms with Gasteiger partial charge in [0, 0.05) is 11.4 Å². The first-order valence-electron chi connectivity index (χ1n) is 5.42. The minimum atomic E-state index is -0.611. The topological polar surface area (TPSA) is 24.9 Å². The van der Waals surface area contributed by atoms with E-state index >= 15 is 0 Å². The van der Waals surface area contributed by atoms with Crippen LogP contribution in [0.4, 0.5) is 14.5 Å². The van der Waals surface area contributed by atoms with Gasteiger partial charge in [0.15, 0.2) is 0 Å². The summed E-state index contributed by atoms with van der Waals surface area (Å²) in [5.41, 5.74) is 1.12. The standard InChI is InChI=1S/C12H11BrF2N2S/c1-2-12-17-7(6-18-12)5-16-11-3-8(13)9(14)4-10(11)15/h3-4,6,16H,2,5H2,1H3. The maximum Gasteiger partial charge on any atom is 0.149 e. The number of aromatic nitrogens is 1. The zero-order valence-corrected chi connectivity index (χ0v) is 12.0. The van der Waals surface area contributed by atoms with Gasteiger partial charge in [-0.2, -0.15) is 0 Å². The van der Waals surface area contributed by atoms with E-state index in [1.807, 2.05) is 12.3 Å². The van der Waals surface area contributed by atoms with Gasteiger partial charge in [-0.15, -0.1) is 11.3 Å². The van der Waals surface area contributed by atoms with Gasteiger partial charge in [0.2, 0.25) is 0 Å². The molecule has 0 spiro atoms. The monoisotopic (exact) mass is 332 g/mol. The Morgan fingerprint density at radius 3 is 2.78 bits per heavy atom. The van der Waals surface area contributed by atoms with E-state index in [2.05, 4.69) is 26.2 Å². The summed E-state index contributed by atoms with van der Waals surface area (Å²) in [5.74, 6) is -1.22. The highest BCUT2D eigenvalue weighted by molar-refractivity contribution is 9.10. The van der Waals surface area contributed by atoms with Gasteiger partial charge >= 0.3 is 0 Å². The second kappa shape index (κ2) is 5.75. The number of hydrogen-bond donors (Lipinski definition) is 1. The van der Waals surface area contributed by atoms with E-state index in [0.29, 0.717) is 6.54 Å². The molecule has 6 heteroatoms. The molecule has 2 nitrogen and oxygen atoms in total. The van der Waals surface area contributed by atoms with Crippen LogP contribution in [0.25, 0.3) is 0 Å². The van der Waals surface area contributed by atoms with Crippen molar-refractivity contribution in [2.24, 2.45) is 0 Å². The van der Waals surface area contributed by atoms with Crippen molar-refractivity contribution in [3.8, 4) is 0 Å². The molecule has 96 valence electrons. The number of halogens is 3. The lowest BCUT2D eigenvalue weighted by Crippen LogP contribution is -2.02. The minimum Gasteiger partial charge on any atom is -0.377 e. The summed E-state index contributed by atoms with van der Waals surface area (Å²) in [7, 11) is 0. The van der Waals surface area contributed by atoms with Gasteiger partial charge in [0.05, 0.1) is 27.4 Å². The van der Waals surface area contributed by atoms with Crippen molar-refractivity contribution in [2.45, 2.75) is 19.9 Å². The third-order valence-corrected chi connectivity index (χ3v) is 4.02. The molecule has 18 heavy (non-hydrogen) atoms. The number of nitrogens with zero attached hydrogens (tertiary/aromatic N) is 1. The third kappa shape index (κ3) is 3.05. The molecule has 0 saturated heterocycles.